The highest BCUT2D eigenvalue weighted by atomic mass is 16.3. The molecule has 0 saturated heterocycles. The molecule has 6 nitrogen and oxygen atoms in total. The summed E-state index contributed by atoms with van der Waals surface area (Å²) in [5, 5.41) is 29.7. The Hall–Kier alpha value is -6.14. The molecule has 6 aromatic rings. The van der Waals surface area contributed by atoms with Crippen molar-refractivity contribution in [3.05, 3.63) is 179 Å². The second-order valence-corrected chi connectivity index (χ2v) is 12.6. The lowest BCUT2D eigenvalue weighted by Gasteiger charge is -2.22. The molecule has 240 valence electrons. The number of phenols is 2. The Kier molecular flexibility index (Phi) is 8.12. The summed E-state index contributed by atoms with van der Waals surface area (Å²) in [6.45, 7) is 0. The highest BCUT2D eigenvalue weighted by molar-refractivity contribution is 6.05. The van der Waals surface area contributed by atoms with Crippen molar-refractivity contribution in [2.75, 3.05) is 10.6 Å². The van der Waals surface area contributed by atoms with Gasteiger partial charge in [-0.1, -0.05) is 97.1 Å². The Labute approximate surface area is 286 Å². The first-order chi connectivity index (χ1) is 24.1. The smallest absolute Gasteiger partial charge is 0.120 e. The lowest BCUT2D eigenvalue weighted by molar-refractivity contribution is 0.464. The Bertz CT molecular complexity index is 2040. The molecule has 6 heteroatoms. The van der Waals surface area contributed by atoms with Crippen LogP contribution in [-0.2, 0) is 6.42 Å². The van der Waals surface area contributed by atoms with Gasteiger partial charge < -0.3 is 20.8 Å². The van der Waals surface area contributed by atoms with Crippen molar-refractivity contribution >= 4 is 34.2 Å². The van der Waals surface area contributed by atoms with Gasteiger partial charge in [-0.25, -0.2) is 0 Å². The molecule has 0 spiro atoms. The van der Waals surface area contributed by atoms with Gasteiger partial charge in [0.1, 0.15) is 11.5 Å². The predicted molar refractivity (Wildman–Crippen MR) is 199 cm³/mol. The average molecular weight is 641 g/mol. The van der Waals surface area contributed by atoms with Gasteiger partial charge in [-0.05, 0) is 77.2 Å². The van der Waals surface area contributed by atoms with Crippen LogP contribution in [-0.4, -0.2) is 21.6 Å². The summed E-state index contributed by atoms with van der Waals surface area (Å²) < 4.78 is 0. The zero-order valence-electron chi connectivity index (χ0n) is 26.9. The highest BCUT2D eigenvalue weighted by Gasteiger charge is 2.25. The maximum atomic E-state index is 11.2. The van der Waals surface area contributed by atoms with Crippen LogP contribution in [0.5, 0.6) is 11.5 Å². The molecule has 0 fully saturated rings. The van der Waals surface area contributed by atoms with E-state index in [4.69, 9.17) is 9.98 Å². The van der Waals surface area contributed by atoms with E-state index in [1.165, 1.54) is 0 Å². The molecule has 2 atom stereocenters. The summed E-state index contributed by atoms with van der Waals surface area (Å²) in [7, 11) is 0. The van der Waals surface area contributed by atoms with Gasteiger partial charge in [-0.2, -0.15) is 0 Å². The number of para-hydroxylation sites is 4. The molecule has 0 saturated carbocycles. The monoisotopic (exact) mass is 640 g/mol. The summed E-state index contributed by atoms with van der Waals surface area (Å²) in [5.41, 5.74) is 11.5. The molecule has 0 aromatic heterocycles. The largest absolute Gasteiger partial charge is 0.508 e. The van der Waals surface area contributed by atoms with Crippen LogP contribution in [0.4, 0.5) is 22.7 Å². The van der Waals surface area contributed by atoms with Crippen molar-refractivity contribution in [2.24, 2.45) is 9.98 Å². The predicted octanol–water partition coefficient (Wildman–Crippen LogP) is 10.0. The first-order valence-electron chi connectivity index (χ1n) is 16.7. The lowest BCUT2D eigenvalue weighted by Crippen LogP contribution is -2.15. The average Bonchev–Trinajstić information content (AvgIpc) is 3.46. The number of rotatable bonds is 6. The summed E-state index contributed by atoms with van der Waals surface area (Å²) in [5.74, 6) is 0.488. The van der Waals surface area contributed by atoms with Crippen molar-refractivity contribution in [1.82, 2.24) is 0 Å². The molecular weight excluding hydrogens is 604 g/mol. The van der Waals surface area contributed by atoms with E-state index in [0.29, 0.717) is 19.3 Å². The Morgan fingerprint density at radius 2 is 0.898 bits per heavy atom. The van der Waals surface area contributed by atoms with Gasteiger partial charge in [0, 0.05) is 24.0 Å². The van der Waals surface area contributed by atoms with Crippen molar-refractivity contribution in [1.29, 1.82) is 0 Å². The van der Waals surface area contributed by atoms with Crippen LogP contribution < -0.4 is 10.6 Å². The number of nitrogens with one attached hydrogen (secondary N) is 2. The number of nitrogens with zero attached hydrogens (tertiary/aromatic N) is 2. The quantitative estimate of drug-likeness (QED) is 0.146. The molecular formula is C43H36N4O2. The van der Waals surface area contributed by atoms with Gasteiger partial charge in [-0.15, -0.1) is 0 Å². The van der Waals surface area contributed by atoms with Crippen LogP contribution in [0.15, 0.2) is 156 Å². The zero-order valence-corrected chi connectivity index (χ0v) is 26.9. The van der Waals surface area contributed by atoms with Gasteiger partial charge in [0.2, 0.25) is 0 Å². The number of aliphatic imine (C=N–C) groups is 2. The fourth-order valence-electron chi connectivity index (χ4n) is 6.86. The normalized spacial score (nSPS) is 16.8. The zero-order chi connectivity index (χ0) is 33.2. The molecule has 0 aliphatic carbocycles. The van der Waals surface area contributed by atoms with E-state index >= 15 is 0 Å². The van der Waals surface area contributed by atoms with Gasteiger partial charge in [-0.3, -0.25) is 9.98 Å². The molecule has 2 aliphatic rings. The molecule has 8 rings (SSSR count). The summed E-state index contributed by atoms with van der Waals surface area (Å²) in [6, 6.07) is 47.9. The van der Waals surface area contributed by atoms with Crippen molar-refractivity contribution in [2.45, 2.75) is 31.3 Å². The summed E-state index contributed by atoms with van der Waals surface area (Å²) in [6.07, 6.45) is 1.85. The Morgan fingerprint density at radius 1 is 0.490 bits per heavy atom. The van der Waals surface area contributed by atoms with E-state index in [-0.39, 0.29) is 23.6 Å². The van der Waals surface area contributed by atoms with Gasteiger partial charge in [0.15, 0.2) is 0 Å². The van der Waals surface area contributed by atoms with E-state index in [9.17, 15) is 10.2 Å². The Morgan fingerprint density at radius 3 is 1.35 bits per heavy atom. The summed E-state index contributed by atoms with van der Waals surface area (Å²) >= 11 is 0. The molecule has 49 heavy (non-hydrogen) atoms. The van der Waals surface area contributed by atoms with Gasteiger partial charge >= 0.3 is 0 Å². The van der Waals surface area contributed by atoms with E-state index in [1.54, 1.807) is 12.1 Å². The molecule has 2 unspecified atom stereocenters. The minimum atomic E-state index is -0.191. The molecule has 6 aromatic carbocycles. The number of anilines is 2. The molecule has 4 N–H and O–H groups in total. The first-order valence-corrected chi connectivity index (χ1v) is 16.7. The van der Waals surface area contributed by atoms with Crippen molar-refractivity contribution < 1.29 is 10.2 Å². The third kappa shape index (κ3) is 6.41. The molecule has 2 heterocycles. The van der Waals surface area contributed by atoms with Crippen molar-refractivity contribution in [3.63, 3.8) is 0 Å². The van der Waals surface area contributed by atoms with E-state index in [2.05, 4.69) is 47.0 Å². The second-order valence-electron chi connectivity index (χ2n) is 12.6. The number of hydrogen-bond donors (Lipinski definition) is 4. The van der Waals surface area contributed by atoms with Crippen LogP contribution in [0, 0.1) is 0 Å². The lowest BCUT2D eigenvalue weighted by atomic mass is 9.92. The molecule has 0 amide bonds. The van der Waals surface area contributed by atoms with Crippen molar-refractivity contribution in [3.8, 4) is 11.5 Å². The van der Waals surface area contributed by atoms with Crippen LogP contribution in [0.25, 0.3) is 0 Å². The van der Waals surface area contributed by atoms with Crippen LogP contribution in [0.1, 0.15) is 58.3 Å². The topological polar surface area (TPSA) is 89.2 Å². The van der Waals surface area contributed by atoms with E-state index in [1.807, 2.05) is 97.1 Å². The number of phenolic OH excluding ortho intramolecular Hbond substituents is 2. The van der Waals surface area contributed by atoms with Gasteiger partial charge in [0.25, 0.3) is 0 Å². The number of aromatic hydroxyl groups is 2. The maximum absolute atomic E-state index is 11.2. The standard InChI is InChI=1S/C43H36N4O2/c48-42-21-19-28(24-32(42)40-26-38(30-11-3-1-4-12-30)44-34-15-7-9-17-36(34)46-40)23-29-20-22-43(49)33(25-29)41-27-39(31-13-5-2-6-14-31)45-35-16-8-10-18-37(35)47-41/h1-22,24-25,40-41,46-49H,23,26-27H2. The number of hydrogen-bond acceptors (Lipinski definition) is 6. The highest BCUT2D eigenvalue weighted by Crippen LogP contribution is 2.40. The molecule has 0 bridgehead atoms. The van der Waals surface area contributed by atoms with Gasteiger partial charge in [0.05, 0.1) is 46.3 Å². The third-order valence-corrected chi connectivity index (χ3v) is 9.33. The minimum Gasteiger partial charge on any atom is -0.508 e. The number of benzene rings is 6. The second kappa shape index (κ2) is 13.2. The fourth-order valence-corrected chi connectivity index (χ4v) is 6.86. The van der Waals surface area contributed by atoms with E-state index in [0.717, 1.165) is 67.6 Å². The first kappa shape index (κ1) is 30.2. The van der Waals surface area contributed by atoms with E-state index < -0.39 is 0 Å². The van der Waals surface area contributed by atoms with Crippen LogP contribution in [0.3, 0.4) is 0 Å². The SMILES string of the molecule is Oc1ccc(Cc2ccc(O)c(C3CC(c4ccccc4)=Nc4ccccc4N3)c2)cc1C1CC(c2ccccc2)=Nc2ccccc2N1. The molecule has 0 radical (unpaired) electrons. The maximum Gasteiger partial charge on any atom is 0.120 e. The summed E-state index contributed by atoms with van der Waals surface area (Å²) in [4.78, 5) is 10.1. The fraction of sp³-hybridized carbons (Fsp3) is 0.116. The third-order valence-electron chi connectivity index (χ3n) is 9.33. The van der Waals surface area contributed by atoms with Crippen LogP contribution >= 0.6 is 0 Å². The molecule has 2 aliphatic heterocycles. The Balaban J connectivity index is 1.10. The minimum absolute atomic E-state index is 0.191. The number of fused-ring (bicyclic) bond motifs is 2. The van der Waals surface area contributed by atoms with Crippen LogP contribution in [0.2, 0.25) is 0 Å².